The summed E-state index contributed by atoms with van der Waals surface area (Å²) >= 11 is 0. The van der Waals surface area contributed by atoms with Crippen molar-refractivity contribution in [1.29, 1.82) is 10.5 Å². The van der Waals surface area contributed by atoms with Gasteiger partial charge in [0.05, 0.1) is 23.8 Å². The molecular weight excluding hydrogens is 328 g/mol. The molecule has 2 aromatic rings. The summed E-state index contributed by atoms with van der Waals surface area (Å²) in [6.45, 7) is 8.09. The lowest BCUT2D eigenvalue weighted by Crippen LogP contribution is -2.04. The summed E-state index contributed by atoms with van der Waals surface area (Å²) in [5.41, 5.74) is 13.1. The van der Waals surface area contributed by atoms with Crippen LogP contribution in [0.2, 0.25) is 0 Å². The molecule has 8 heteroatoms. The summed E-state index contributed by atoms with van der Waals surface area (Å²) in [4.78, 5) is 16.0. The lowest BCUT2D eigenvalue weighted by Gasteiger charge is -2.08. The fourth-order valence-corrected chi connectivity index (χ4v) is 2.08. The highest BCUT2D eigenvalue weighted by Gasteiger charge is 2.12. The molecule has 0 aliphatic rings. The third-order valence-corrected chi connectivity index (χ3v) is 4.01. The van der Waals surface area contributed by atoms with E-state index in [1.807, 2.05) is 39.8 Å². The van der Waals surface area contributed by atoms with Crippen molar-refractivity contribution in [3.8, 4) is 12.1 Å². The molecule has 2 atom stereocenters. The largest absolute Gasteiger partial charge is 0.382 e. The Kier molecular flexibility index (Phi) is 7.91. The van der Waals surface area contributed by atoms with Crippen LogP contribution in [0.5, 0.6) is 0 Å². The van der Waals surface area contributed by atoms with Gasteiger partial charge in [0.15, 0.2) is 11.4 Å². The molecule has 0 aliphatic carbocycles. The predicted molar refractivity (Wildman–Crippen MR) is 99.7 cm³/mol. The minimum Gasteiger partial charge on any atom is -0.382 e. The van der Waals surface area contributed by atoms with Gasteiger partial charge in [-0.25, -0.2) is 19.9 Å². The minimum atomic E-state index is 0.227. The van der Waals surface area contributed by atoms with Crippen molar-refractivity contribution in [3.63, 3.8) is 0 Å². The molecule has 2 aromatic heterocycles. The highest BCUT2D eigenvalue weighted by molar-refractivity contribution is 5.35. The number of nitrogen functional groups attached to an aromatic ring is 2. The Morgan fingerprint density at radius 3 is 1.46 bits per heavy atom. The number of hydrogen-bond donors (Lipinski definition) is 2. The van der Waals surface area contributed by atoms with E-state index in [1.165, 1.54) is 12.4 Å². The van der Waals surface area contributed by atoms with E-state index in [9.17, 15) is 0 Å². The summed E-state index contributed by atoms with van der Waals surface area (Å²) in [5.74, 6) is 1.19. The van der Waals surface area contributed by atoms with Crippen LogP contribution in [-0.2, 0) is 0 Å². The van der Waals surface area contributed by atoms with E-state index in [2.05, 4.69) is 19.9 Å². The van der Waals surface area contributed by atoms with Crippen molar-refractivity contribution in [2.24, 2.45) is 0 Å². The van der Waals surface area contributed by atoms with E-state index in [1.54, 1.807) is 0 Å². The van der Waals surface area contributed by atoms with Crippen LogP contribution in [0.4, 0.5) is 11.6 Å². The van der Waals surface area contributed by atoms with E-state index in [0.717, 1.165) is 12.8 Å². The molecule has 8 nitrogen and oxygen atoms in total. The molecule has 2 heterocycles. The zero-order valence-corrected chi connectivity index (χ0v) is 15.6. The van der Waals surface area contributed by atoms with Crippen LogP contribution in [0.25, 0.3) is 0 Å². The smallest absolute Gasteiger partial charge is 0.162 e. The van der Waals surface area contributed by atoms with Crippen LogP contribution in [0.3, 0.4) is 0 Å². The first-order valence-corrected chi connectivity index (χ1v) is 8.42. The van der Waals surface area contributed by atoms with Gasteiger partial charge in [-0.15, -0.1) is 0 Å². The zero-order chi connectivity index (χ0) is 19.7. The van der Waals surface area contributed by atoms with Crippen molar-refractivity contribution in [2.75, 3.05) is 11.5 Å². The standard InChI is InChI=1S/2C9H12N4/c2*1-3-6(2)9-7(4-10)12-5-8(11)13-9/h2*5-6H,3H2,1-2H3,(H2,11,13). The third-order valence-electron chi connectivity index (χ3n) is 4.01. The summed E-state index contributed by atoms with van der Waals surface area (Å²) in [6.07, 6.45) is 4.66. The van der Waals surface area contributed by atoms with Gasteiger partial charge in [-0.1, -0.05) is 27.7 Å². The SMILES string of the molecule is CCC(C)c1nc(N)cnc1C#N.CCC(C)c1nc(N)cnc1C#N. The lowest BCUT2D eigenvalue weighted by atomic mass is 10.0. The van der Waals surface area contributed by atoms with Crippen LogP contribution >= 0.6 is 0 Å². The second-order valence-electron chi connectivity index (χ2n) is 5.90. The fraction of sp³-hybridized carbons (Fsp3) is 0.444. The molecule has 136 valence electrons. The molecule has 2 unspecified atom stereocenters. The topological polar surface area (TPSA) is 151 Å². The molecule has 0 radical (unpaired) electrons. The van der Waals surface area contributed by atoms with Crippen LogP contribution in [0.1, 0.15) is 75.1 Å². The molecule has 0 spiro atoms. The Morgan fingerprint density at radius 1 is 0.846 bits per heavy atom. The maximum Gasteiger partial charge on any atom is 0.162 e. The molecule has 0 bridgehead atoms. The maximum absolute atomic E-state index is 8.76. The van der Waals surface area contributed by atoms with Gasteiger partial charge in [0.25, 0.3) is 0 Å². The van der Waals surface area contributed by atoms with Crippen LogP contribution in [0.15, 0.2) is 12.4 Å². The summed E-state index contributed by atoms with van der Waals surface area (Å²) in [6, 6.07) is 4.02. The van der Waals surface area contributed by atoms with Gasteiger partial charge in [-0.2, -0.15) is 10.5 Å². The van der Waals surface area contributed by atoms with E-state index < -0.39 is 0 Å². The van der Waals surface area contributed by atoms with Gasteiger partial charge < -0.3 is 11.5 Å². The second-order valence-corrected chi connectivity index (χ2v) is 5.90. The van der Waals surface area contributed by atoms with Crippen molar-refractivity contribution >= 4 is 11.6 Å². The molecule has 0 aromatic carbocycles. The van der Waals surface area contributed by atoms with Gasteiger partial charge in [-0.05, 0) is 12.8 Å². The molecular formula is C18H24N8. The van der Waals surface area contributed by atoms with Crippen LogP contribution in [-0.4, -0.2) is 19.9 Å². The number of aromatic nitrogens is 4. The Hall–Kier alpha value is -3.26. The molecule has 2 rings (SSSR count). The van der Waals surface area contributed by atoms with E-state index in [0.29, 0.717) is 34.4 Å². The highest BCUT2D eigenvalue weighted by Crippen LogP contribution is 2.20. The summed E-state index contributed by atoms with van der Waals surface area (Å²) < 4.78 is 0. The molecule has 26 heavy (non-hydrogen) atoms. The monoisotopic (exact) mass is 352 g/mol. The van der Waals surface area contributed by atoms with Gasteiger partial charge in [0, 0.05) is 11.8 Å². The van der Waals surface area contributed by atoms with Crippen molar-refractivity contribution in [1.82, 2.24) is 19.9 Å². The number of hydrogen-bond acceptors (Lipinski definition) is 8. The van der Waals surface area contributed by atoms with E-state index in [4.69, 9.17) is 22.0 Å². The minimum absolute atomic E-state index is 0.227. The van der Waals surface area contributed by atoms with Gasteiger partial charge in [0.1, 0.15) is 23.8 Å². The first kappa shape index (κ1) is 20.8. The number of nitrogens with zero attached hydrogens (tertiary/aromatic N) is 6. The predicted octanol–water partition coefficient (Wildman–Crippen LogP) is 2.89. The van der Waals surface area contributed by atoms with Crippen molar-refractivity contribution in [3.05, 3.63) is 35.2 Å². The van der Waals surface area contributed by atoms with Gasteiger partial charge >= 0.3 is 0 Å². The number of anilines is 2. The van der Waals surface area contributed by atoms with Crippen molar-refractivity contribution in [2.45, 2.75) is 52.4 Å². The number of nitriles is 2. The van der Waals surface area contributed by atoms with E-state index >= 15 is 0 Å². The van der Waals surface area contributed by atoms with E-state index in [-0.39, 0.29) is 11.8 Å². The van der Waals surface area contributed by atoms with Crippen LogP contribution < -0.4 is 11.5 Å². The Morgan fingerprint density at radius 2 is 1.19 bits per heavy atom. The van der Waals surface area contributed by atoms with Crippen molar-refractivity contribution < 1.29 is 0 Å². The average Bonchev–Trinajstić information content (AvgIpc) is 2.67. The molecule has 0 amide bonds. The first-order chi connectivity index (χ1) is 12.4. The zero-order valence-electron chi connectivity index (χ0n) is 15.6. The quantitative estimate of drug-likeness (QED) is 0.852. The van der Waals surface area contributed by atoms with Gasteiger partial charge in [-0.3, -0.25) is 0 Å². The first-order valence-electron chi connectivity index (χ1n) is 8.42. The summed E-state index contributed by atoms with van der Waals surface area (Å²) in [7, 11) is 0. The van der Waals surface area contributed by atoms with Crippen LogP contribution in [0, 0.1) is 22.7 Å². The molecule has 0 saturated heterocycles. The Bertz CT molecular complexity index is 749. The Balaban J connectivity index is 0.000000260. The highest BCUT2D eigenvalue weighted by atomic mass is 14.9. The fourth-order valence-electron chi connectivity index (χ4n) is 2.08. The molecule has 4 N–H and O–H groups in total. The third kappa shape index (κ3) is 5.38. The normalized spacial score (nSPS) is 12.1. The molecule has 0 aliphatic heterocycles. The number of nitrogens with two attached hydrogens (primary N) is 2. The number of rotatable bonds is 4. The Labute approximate surface area is 153 Å². The lowest BCUT2D eigenvalue weighted by molar-refractivity contribution is 0.701. The summed E-state index contributed by atoms with van der Waals surface area (Å²) in [5, 5.41) is 17.5. The second kappa shape index (κ2) is 9.90. The molecule has 0 fully saturated rings. The maximum atomic E-state index is 8.76. The average molecular weight is 352 g/mol. The van der Waals surface area contributed by atoms with Gasteiger partial charge in [0.2, 0.25) is 0 Å². The molecule has 0 saturated carbocycles.